The molecule has 0 radical (unpaired) electrons. The number of carboxylic acid groups (broad SMARTS) is 1. The van der Waals surface area contributed by atoms with Crippen LogP contribution in [-0.4, -0.2) is 52.8 Å². The van der Waals surface area contributed by atoms with Gasteiger partial charge in [0.1, 0.15) is 5.60 Å². The molecular formula is C12H15F2N3O3. The van der Waals surface area contributed by atoms with E-state index in [9.17, 15) is 13.6 Å². The summed E-state index contributed by atoms with van der Waals surface area (Å²) in [5, 5.41) is 8.91. The first-order valence-electron chi connectivity index (χ1n) is 6.07. The second-order valence-corrected chi connectivity index (χ2v) is 4.86. The molecule has 0 saturated carbocycles. The van der Waals surface area contributed by atoms with Crippen LogP contribution in [0.5, 0.6) is 0 Å². The molecule has 0 spiro atoms. The van der Waals surface area contributed by atoms with Crippen LogP contribution in [0.25, 0.3) is 0 Å². The van der Waals surface area contributed by atoms with Crippen LogP contribution in [0, 0.1) is 6.92 Å². The Balaban J connectivity index is 2.24. The number of carbonyl (C=O) groups is 1. The van der Waals surface area contributed by atoms with Crippen molar-refractivity contribution < 1.29 is 23.4 Å². The number of anilines is 1. The third-order valence-electron chi connectivity index (χ3n) is 3.24. The molecule has 8 heteroatoms. The highest BCUT2D eigenvalue weighted by Gasteiger charge is 2.41. The lowest BCUT2D eigenvalue weighted by molar-refractivity contribution is -0.134. The van der Waals surface area contributed by atoms with Crippen molar-refractivity contribution >= 4 is 11.9 Å². The van der Waals surface area contributed by atoms with Crippen LogP contribution in [0.1, 0.15) is 23.0 Å². The number of ether oxygens (including phenoxy) is 1. The number of morpholine rings is 1. The van der Waals surface area contributed by atoms with Crippen molar-refractivity contribution in [3.63, 3.8) is 0 Å². The van der Waals surface area contributed by atoms with E-state index >= 15 is 0 Å². The molecule has 6 nitrogen and oxygen atoms in total. The smallest absolute Gasteiger partial charge is 0.339 e. The zero-order valence-electron chi connectivity index (χ0n) is 11.1. The minimum atomic E-state index is -2.62. The maximum Gasteiger partial charge on any atom is 0.339 e. The Morgan fingerprint density at radius 1 is 1.60 bits per heavy atom. The van der Waals surface area contributed by atoms with E-state index in [0.717, 1.165) is 0 Å². The van der Waals surface area contributed by atoms with Gasteiger partial charge in [-0.1, -0.05) is 0 Å². The summed E-state index contributed by atoms with van der Waals surface area (Å²) >= 11 is 0. The van der Waals surface area contributed by atoms with Crippen LogP contribution >= 0.6 is 0 Å². The van der Waals surface area contributed by atoms with Crippen molar-refractivity contribution in [2.45, 2.75) is 25.9 Å². The lowest BCUT2D eigenvalue weighted by Crippen LogP contribution is -2.54. The molecule has 110 valence electrons. The number of alkyl halides is 2. The molecule has 1 aromatic rings. The summed E-state index contributed by atoms with van der Waals surface area (Å²) in [6, 6.07) is 0. The van der Waals surface area contributed by atoms with Gasteiger partial charge in [-0.3, -0.25) is 0 Å². The Morgan fingerprint density at radius 2 is 2.30 bits per heavy atom. The maximum atomic E-state index is 13.0. The fraction of sp³-hybridized carbons (Fsp3) is 0.583. The van der Waals surface area contributed by atoms with Crippen LogP contribution < -0.4 is 4.90 Å². The van der Waals surface area contributed by atoms with Gasteiger partial charge < -0.3 is 14.7 Å². The van der Waals surface area contributed by atoms with E-state index in [1.807, 2.05) is 0 Å². The molecule has 0 aliphatic carbocycles. The standard InChI is InChI=1S/C12H15F2N3O3/c1-7-8(9(18)19)5-15-11(16-7)17-3-4-20-12(2,6-17)10(13)14/h5,10H,3-4,6H2,1-2H3,(H,18,19). The van der Waals surface area contributed by atoms with Crippen molar-refractivity contribution in [2.75, 3.05) is 24.6 Å². The number of hydrogen-bond acceptors (Lipinski definition) is 5. The van der Waals surface area contributed by atoms with Crippen molar-refractivity contribution in [2.24, 2.45) is 0 Å². The van der Waals surface area contributed by atoms with Crippen LogP contribution in [0.4, 0.5) is 14.7 Å². The van der Waals surface area contributed by atoms with E-state index < -0.39 is 18.0 Å². The molecule has 20 heavy (non-hydrogen) atoms. The summed E-state index contributed by atoms with van der Waals surface area (Å²) in [5.41, 5.74) is -1.27. The summed E-state index contributed by atoms with van der Waals surface area (Å²) in [7, 11) is 0. The maximum absolute atomic E-state index is 13.0. The SMILES string of the molecule is Cc1nc(N2CCOC(C)(C(F)F)C2)ncc1C(=O)O. The van der Waals surface area contributed by atoms with Crippen molar-refractivity contribution in [1.82, 2.24) is 9.97 Å². The first-order chi connectivity index (χ1) is 9.33. The summed E-state index contributed by atoms with van der Waals surface area (Å²) in [5.74, 6) is -0.879. The third-order valence-corrected chi connectivity index (χ3v) is 3.24. The highest BCUT2D eigenvalue weighted by Crippen LogP contribution is 2.27. The van der Waals surface area contributed by atoms with Gasteiger partial charge in [0.15, 0.2) is 0 Å². The Morgan fingerprint density at radius 3 is 2.85 bits per heavy atom. The number of aryl methyl sites for hydroxylation is 1. The van der Waals surface area contributed by atoms with Gasteiger partial charge in [-0.25, -0.2) is 23.5 Å². The van der Waals surface area contributed by atoms with Crippen LogP contribution in [0.2, 0.25) is 0 Å². The number of hydrogen-bond donors (Lipinski definition) is 1. The molecule has 1 aliphatic rings. The predicted octanol–water partition coefficient (Wildman–Crippen LogP) is 1.34. The molecule has 1 saturated heterocycles. The van der Waals surface area contributed by atoms with E-state index in [-0.39, 0.29) is 24.7 Å². The van der Waals surface area contributed by atoms with Crippen molar-refractivity contribution in [3.8, 4) is 0 Å². The normalized spacial score (nSPS) is 23.1. The molecule has 2 rings (SSSR count). The molecule has 1 atom stereocenters. The largest absolute Gasteiger partial charge is 0.478 e. The van der Waals surface area contributed by atoms with Gasteiger partial charge in [-0.05, 0) is 13.8 Å². The van der Waals surface area contributed by atoms with Crippen LogP contribution in [0.15, 0.2) is 6.20 Å². The summed E-state index contributed by atoms with van der Waals surface area (Å²) < 4.78 is 31.1. The average molecular weight is 287 g/mol. The lowest BCUT2D eigenvalue weighted by atomic mass is 10.1. The molecular weight excluding hydrogens is 272 g/mol. The minimum absolute atomic E-state index is 0.00127. The van der Waals surface area contributed by atoms with E-state index in [1.54, 1.807) is 11.8 Å². The van der Waals surface area contributed by atoms with E-state index in [1.165, 1.54) is 13.1 Å². The number of carboxylic acids is 1. The monoisotopic (exact) mass is 287 g/mol. The quantitative estimate of drug-likeness (QED) is 0.904. The highest BCUT2D eigenvalue weighted by molar-refractivity contribution is 5.88. The van der Waals surface area contributed by atoms with Crippen LogP contribution in [-0.2, 0) is 4.74 Å². The van der Waals surface area contributed by atoms with E-state index in [4.69, 9.17) is 9.84 Å². The number of halogens is 2. The molecule has 1 fully saturated rings. The van der Waals surface area contributed by atoms with Gasteiger partial charge in [0, 0.05) is 12.7 Å². The summed E-state index contributed by atoms with van der Waals surface area (Å²) in [4.78, 5) is 20.5. The fourth-order valence-corrected chi connectivity index (χ4v) is 2.01. The third kappa shape index (κ3) is 2.69. The van der Waals surface area contributed by atoms with Crippen molar-refractivity contribution in [1.29, 1.82) is 0 Å². The second-order valence-electron chi connectivity index (χ2n) is 4.86. The summed E-state index contributed by atoms with van der Waals surface area (Å²) in [6.07, 6.45) is -1.43. The van der Waals surface area contributed by atoms with Crippen LogP contribution in [0.3, 0.4) is 0 Å². The molecule has 0 aromatic carbocycles. The fourth-order valence-electron chi connectivity index (χ4n) is 2.01. The van der Waals surface area contributed by atoms with E-state index in [2.05, 4.69) is 9.97 Å². The van der Waals surface area contributed by atoms with E-state index in [0.29, 0.717) is 12.2 Å². The average Bonchev–Trinajstić information content (AvgIpc) is 2.38. The predicted molar refractivity (Wildman–Crippen MR) is 66.3 cm³/mol. The Bertz CT molecular complexity index is 527. The molecule has 1 unspecified atom stereocenters. The first kappa shape index (κ1) is 14.6. The number of rotatable bonds is 3. The molecule has 1 N–H and O–H groups in total. The summed E-state index contributed by atoms with van der Waals surface area (Å²) in [6.45, 7) is 3.36. The highest BCUT2D eigenvalue weighted by atomic mass is 19.3. The van der Waals surface area contributed by atoms with Gasteiger partial charge in [-0.15, -0.1) is 0 Å². The molecule has 0 bridgehead atoms. The van der Waals surface area contributed by atoms with Gasteiger partial charge in [0.05, 0.1) is 24.4 Å². The molecule has 1 aliphatic heterocycles. The molecule has 0 amide bonds. The van der Waals surface area contributed by atoms with Gasteiger partial charge in [0.25, 0.3) is 6.43 Å². The first-order valence-corrected chi connectivity index (χ1v) is 6.07. The Labute approximate surface area is 114 Å². The van der Waals surface area contributed by atoms with Crippen molar-refractivity contribution in [3.05, 3.63) is 17.5 Å². The Kier molecular flexibility index (Phi) is 3.85. The Hall–Kier alpha value is -1.83. The topological polar surface area (TPSA) is 75.5 Å². The second kappa shape index (κ2) is 5.28. The van der Waals surface area contributed by atoms with Gasteiger partial charge in [-0.2, -0.15) is 0 Å². The number of nitrogens with zero attached hydrogens (tertiary/aromatic N) is 3. The molecule has 2 heterocycles. The van der Waals surface area contributed by atoms with Gasteiger partial charge >= 0.3 is 5.97 Å². The number of aromatic nitrogens is 2. The zero-order chi connectivity index (χ0) is 14.9. The van der Waals surface area contributed by atoms with Gasteiger partial charge in [0.2, 0.25) is 5.95 Å². The minimum Gasteiger partial charge on any atom is -0.478 e. The zero-order valence-corrected chi connectivity index (χ0v) is 11.1. The molecule has 1 aromatic heterocycles. The number of aromatic carboxylic acids is 1. The lowest BCUT2D eigenvalue weighted by Gasteiger charge is -2.39.